The standard InChI is InChI=1S/C6H13NO2/c1-3-5(4-8)6(9)7-2/h5,8H,3-4H2,1-2H3,(H,7,9). The summed E-state index contributed by atoms with van der Waals surface area (Å²) >= 11 is 0. The first kappa shape index (κ1) is 8.43. The number of hydrogen-bond donors (Lipinski definition) is 2. The van der Waals surface area contributed by atoms with E-state index < -0.39 is 0 Å². The highest BCUT2D eigenvalue weighted by Gasteiger charge is 2.11. The fourth-order valence-corrected chi connectivity index (χ4v) is 0.602. The van der Waals surface area contributed by atoms with E-state index in [1.165, 1.54) is 0 Å². The number of aliphatic hydroxyl groups is 1. The molecule has 0 aliphatic rings. The van der Waals surface area contributed by atoms with Gasteiger partial charge in [0.25, 0.3) is 0 Å². The van der Waals surface area contributed by atoms with Gasteiger partial charge in [0.15, 0.2) is 0 Å². The minimum atomic E-state index is -0.227. The SMILES string of the molecule is CCC(CO)C(=O)NC. The van der Waals surface area contributed by atoms with E-state index in [4.69, 9.17) is 5.11 Å². The van der Waals surface area contributed by atoms with Gasteiger partial charge in [-0.15, -0.1) is 0 Å². The highest BCUT2D eigenvalue weighted by molar-refractivity contribution is 5.78. The molecule has 1 unspecified atom stereocenters. The van der Waals surface area contributed by atoms with Gasteiger partial charge in [-0.2, -0.15) is 0 Å². The minimum absolute atomic E-state index is 0.0594. The molecule has 3 nitrogen and oxygen atoms in total. The van der Waals surface area contributed by atoms with Crippen molar-refractivity contribution < 1.29 is 9.90 Å². The Kier molecular flexibility index (Phi) is 4.05. The number of nitrogens with one attached hydrogen (secondary N) is 1. The number of hydrogen-bond acceptors (Lipinski definition) is 2. The van der Waals surface area contributed by atoms with Crippen LogP contribution in [-0.2, 0) is 4.79 Å². The molecule has 2 N–H and O–H groups in total. The second-order valence-corrected chi connectivity index (χ2v) is 1.90. The fourth-order valence-electron chi connectivity index (χ4n) is 0.602. The molecule has 0 fully saturated rings. The van der Waals surface area contributed by atoms with Crippen molar-refractivity contribution in [2.45, 2.75) is 13.3 Å². The predicted molar refractivity (Wildman–Crippen MR) is 34.9 cm³/mol. The van der Waals surface area contributed by atoms with Gasteiger partial charge in [-0.05, 0) is 6.42 Å². The van der Waals surface area contributed by atoms with E-state index in [2.05, 4.69) is 5.32 Å². The van der Waals surface area contributed by atoms with Gasteiger partial charge in [0.05, 0.1) is 12.5 Å². The van der Waals surface area contributed by atoms with E-state index in [1.807, 2.05) is 6.92 Å². The number of rotatable bonds is 3. The molecule has 3 heteroatoms. The van der Waals surface area contributed by atoms with E-state index >= 15 is 0 Å². The molecule has 0 aromatic heterocycles. The van der Waals surface area contributed by atoms with E-state index in [9.17, 15) is 4.79 Å². The van der Waals surface area contributed by atoms with Crippen LogP contribution in [0.5, 0.6) is 0 Å². The normalized spacial score (nSPS) is 12.8. The molecule has 9 heavy (non-hydrogen) atoms. The molecule has 0 saturated heterocycles. The third kappa shape index (κ3) is 2.46. The maximum Gasteiger partial charge on any atom is 0.225 e. The van der Waals surface area contributed by atoms with Crippen LogP contribution in [-0.4, -0.2) is 24.7 Å². The van der Waals surface area contributed by atoms with Gasteiger partial charge in [-0.1, -0.05) is 6.92 Å². The third-order valence-electron chi connectivity index (χ3n) is 1.33. The highest BCUT2D eigenvalue weighted by Crippen LogP contribution is 1.98. The summed E-state index contributed by atoms with van der Waals surface area (Å²) in [4.78, 5) is 10.7. The van der Waals surface area contributed by atoms with Crippen molar-refractivity contribution in [3.63, 3.8) is 0 Å². The molecule has 0 radical (unpaired) electrons. The maximum atomic E-state index is 10.7. The molecule has 0 heterocycles. The lowest BCUT2D eigenvalue weighted by Gasteiger charge is -2.07. The molecule has 0 bridgehead atoms. The van der Waals surface area contributed by atoms with Crippen LogP contribution >= 0.6 is 0 Å². The smallest absolute Gasteiger partial charge is 0.225 e. The molecule has 54 valence electrons. The number of aliphatic hydroxyl groups excluding tert-OH is 1. The van der Waals surface area contributed by atoms with Gasteiger partial charge in [0.1, 0.15) is 0 Å². The molecule has 0 rings (SSSR count). The lowest BCUT2D eigenvalue weighted by Crippen LogP contribution is -2.29. The summed E-state index contributed by atoms with van der Waals surface area (Å²) in [6, 6.07) is 0. The first-order valence-electron chi connectivity index (χ1n) is 3.08. The third-order valence-corrected chi connectivity index (χ3v) is 1.33. The number of amides is 1. The topological polar surface area (TPSA) is 49.3 Å². The fraction of sp³-hybridized carbons (Fsp3) is 0.833. The molecule has 0 saturated carbocycles. The summed E-state index contributed by atoms with van der Waals surface area (Å²) < 4.78 is 0. The summed E-state index contributed by atoms with van der Waals surface area (Å²) in [6.07, 6.45) is 0.691. The summed E-state index contributed by atoms with van der Waals surface area (Å²) in [7, 11) is 1.57. The predicted octanol–water partition coefficient (Wildman–Crippen LogP) is -0.249. The molecule has 0 spiro atoms. The average molecular weight is 131 g/mol. The quantitative estimate of drug-likeness (QED) is 0.555. The lowest BCUT2D eigenvalue weighted by atomic mass is 10.1. The Morgan fingerprint density at radius 2 is 2.33 bits per heavy atom. The zero-order chi connectivity index (χ0) is 7.28. The average Bonchev–Trinajstić information content (AvgIpc) is 1.90. The van der Waals surface area contributed by atoms with Crippen molar-refractivity contribution >= 4 is 5.91 Å². The van der Waals surface area contributed by atoms with Crippen LogP contribution in [0.3, 0.4) is 0 Å². The maximum absolute atomic E-state index is 10.7. The largest absolute Gasteiger partial charge is 0.396 e. The number of carbonyl (C=O) groups is 1. The Hall–Kier alpha value is -0.570. The molecule has 0 aliphatic carbocycles. The molecular weight excluding hydrogens is 118 g/mol. The van der Waals surface area contributed by atoms with Gasteiger partial charge >= 0.3 is 0 Å². The first-order chi connectivity index (χ1) is 4.26. The van der Waals surface area contributed by atoms with Crippen molar-refractivity contribution in [2.75, 3.05) is 13.7 Å². The van der Waals surface area contributed by atoms with Crippen LogP contribution in [0.1, 0.15) is 13.3 Å². The van der Waals surface area contributed by atoms with Crippen LogP contribution < -0.4 is 5.32 Å². The van der Waals surface area contributed by atoms with Crippen LogP contribution in [0.2, 0.25) is 0 Å². The number of carbonyl (C=O) groups excluding carboxylic acids is 1. The van der Waals surface area contributed by atoms with Crippen LogP contribution in [0.25, 0.3) is 0 Å². The van der Waals surface area contributed by atoms with Crippen LogP contribution in [0.4, 0.5) is 0 Å². The highest BCUT2D eigenvalue weighted by atomic mass is 16.3. The van der Waals surface area contributed by atoms with Gasteiger partial charge < -0.3 is 10.4 Å². The molecule has 0 aliphatic heterocycles. The van der Waals surface area contributed by atoms with Gasteiger partial charge in [-0.25, -0.2) is 0 Å². The molecule has 0 aromatic rings. The van der Waals surface area contributed by atoms with Crippen molar-refractivity contribution in [2.24, 2.45) is 5.92 Å². The first-order valence-corrected chi connectivity index (χ1v) is 3.08. The Bertz CT molecular complexity index is 89.1. The second-order valence-electron chi connectivity index (χ2n) is 1.90. The molecule has 1 atom stereocenters. The Morgan fingerprint density at radius 3 is 2.44 bits per heavy atom. The van der Waals surface area contributed by atoms with Crippen molar-refractivity contribution in [3.05, 3.63) is 0 Å². The Labute approximate surface area is 55.1 Å². The summed E-state index contributed by atoms with van der Waals surface area (Å²) in [5.74, 6) is -0.310. The summed E-state index contributed by atoms with van der Waals surface area (Å²) in [6.45, 7) is 1.81. The summed E-state index contributed by atoms with van der Waals surface area (Å²) in [5, 5.41) is 11.0. The van der Waals surface area contributed by atoms with Gasteiger partial charge in [0, 0.05) is 7.05 Å². The van der Waals surface area contributed by atoms with Crippen molar-refractivity contribution in [1.82, 2.24) is 5.32 Å². The Morgan fingerprint density at radius 1 is 1.78 bits per heavy atom. The second kappa shape index (κ2) is 4.32. The summed E-state index contributed by atoms with van der Waals surface area (Å²) in [5.41, 5.74) is 0. The lowest BCUT2D eigenvalue weighted by molar-refractivity contribution is -0.125. The van der Waals surface area contributed by atoms with Gasteiger partial charge in [0.2, 0.25) is 5.91 Å². The molecular formula is C6H13NO2. The Balaban J connectivity index is 3.64. The van der Waals surface area contributed by atoms with E-state index in [-0.39, 0.29) is 18.4 Å². The zero-order valence-electron chi connectivity index (χ0n) is 5.85. The molecule has 0 aromatic carbocycles. The van der Waals surface area contributed by atoms with Crippen molar-refractivity contribution in [3.8, 4) is 0 Å². The van der Waals surface area contributed by atoms with E-state index in [0.717, 1.165) is 0 Å². The molecule has 1 amide bonds. The van der Waals surface area contributed by atoms with Crippen LogP contribution in [0.15, 0.2) is 0 Å². The van der Waals surface area contributed by atoms with E-state index in [0.29, 0.717) is 6.42 Å². The monoisotopic (exact) mass is 131 g/mol. The zero-order valence-corrected chi connectivity index (χ0v) is 5.85. The van der Waals surface area contributed by atoms with Gasteiger partial charge in [-0.3, -0.25) is 4.79 Å². The van der Waals surface area contributed by atoms with E-state index in [1.54, 1.807) is 7.05 Å². The van der Waals surface area contributed by atoms with Crippen LogP contribution in [0, 0.1) is 5.92 Å². The minimum Gasteiger partial charge on any atom is -0.396 e. The van der Waals surface area contributed by atoms with Crippen molar-refractivity contribution in [1.29, 1.82) is 0 Å².